The molecule has 0 spiro atoms. The van der Waals surface area contributed by atoms with E-state index < -0.39 is 11.7 Å². The molecule has 0 fully saturated rings. The van der Waals surface area contributed by atoms with Crippen molar-refractivity contribution in [1.82, 2.24) is 15.6 Å². The van der Waals surface area contributed by atoms with Gasteiger partial charge in [0, 0.05) is 30.7 Å². The Labute approximate surface area is 149 Å². The Morgan fingerprint density at radius 2 is 1.88 bits per heavy atom. The molecule has 1 aromatic carbocycles. The predicted octanol–water partition coefficient (Wildman–Crippen LogP) is 3.45. The number of nitrogens with zero attached hydrogens (tertiary/aromatic N) is 1. The van der Waals surface area contributed by atoms with Crippen LogP contribution in [-0.2, 0) is 4.74 Å². The number of nitrogens with one attached hydrogen (secondary N) is 3. The topological polar surface area (TPSA) is 75.3 Å². The van der Waals surface area contributed by atoms with Gasteiger partial charge in [0.15, 0.2) is 0 Å². The highest BCUT2D eigenvalue weighted by Crippen LogP contribution is 2.27. The molecular weight excluding hydrogens is 316 g/mol. The Bertz CT molecular complexity index is 725. The summed E-state index contributed by atoms with van der Waals surface area (Å²) in [6, 6.07) is 8.41. The Morgan fingerprint density at radius 1 is 1.20 bits per heavy atom. The maximum absolute atomic E-state index is 11.7. The van der Waals surface area contributed by atoms with Crippen LogP contribution < -0.4 is 16.0 Å². The second kappa shape index (κ2) is 8.16. The molecule has 1 unspecified atom stereocenters. The van der Waals surface area contributed by atoms with Gasteiger partial charge in [0.25, 0.3) is 0 Å². The van der Waals surface area contributed by atoms with Gasteiger partial charge in [-0.2, -0.15) is 0 Å². The van der Waals surface area contributed by atoms with Crippen molar-refractivity contribution in [2.45, 2.75) is 39.3 Å². The molecule has 0 aliphatic heterocycles. The Hall–Kier alpha value is -2.34. The zero-order chi connectivity index (χ0) is 18.4. The van der Waals surface area contributed by atoms with Gasteiger partial charge in [-0.25, -0.2) is 9.78 Å². The lowest BCUT2D eigenvalue weighted by atomic mass is 10.0. The van der Waals surface area contributed by atoms with Gasteiger partial charge in [-0.15, -0.1) is 0 Å². The first-order valence-electron chi connectivity index (χ1n) is 8.57. The predicted molar refractivity (Wildman–Crippen MR) is 102 cm³/mol. The molecule has 0 saturated heterocycles. The number of carbonyl (C=O) groups is 1. The number of rotatable bonds is 6. The Kier molecular flexibility index (Phi) is 6.20. The van der Waals surface area contributed by atoms with Crippen LogP contribution in [0.4, 0.5) is 10.6 Å². The van der Waals surface area contributed by atoms with Crippen molar-refractivity contribution in [2.24, 2.45) is 0 Å². The minimum Gasteiger partial charge on any atom is -0.444 e. The molecule has 136 valence electrons. The van der Waals surface area contributed by atoms with Crippen molar-refractivity contribution in [3.8, 4) is 0 Å². The van der Waals surface area contributed by atoms with E-state index in [1.54, 1.807) is 0 Å². The zero-order valence-electron chi connectivity index (χ0n) is 15.6. The van der Waals surface area contributed by atoms with E-state index in [1.807, 2.05) is 46.1 Å². The summed E-state index contributed by atoms with van der Waals surface area (Å²) in [5, 5.41) is 11.5. The lowest BCUT2D eigenvalue weighted by molar-refractivity contribution is 0.0530. The normalized spacial score (nSPS) is 12.7. The highest BCUT2D eigenvalue weighted by Gasteiger charge is 2.15. The molecule has 2 aromatic rings. The molecular formula is C19H28N4O2. The number of pyridine rings is 1. The first-order valence-corrected chi connectivity index (χ1v) is 8.57. The highest BCUT2D eigenvalue weighted by atomic mass is 16.6. The fourth-order valence-corrected chi connectivity index (χ4v) is 2.52. The third kappa shape index (κ3) is 5.32. The SMILES string of the molecule is CNC(C)c1cnc(NCCNC(=O)OC(C)(C)C)c2ccccc12. The van der Waals surface area contributed by atoms with Gasteiger partial charge in [0.1, 0.15) is 11.4 Å². The lowest BCUT2D eigenvalue weighted by Crippen LogP contribution is -2.35. The first-order chi connectivity index (χ1) is 11.8. The van der Waals surface area contributed by atoms with Crippen LogP contribution in [0.25, 0.3) is 10.8 Å². The van der Waals surface area contributed by atoms with Crippen molar-refractivity contribution >= 4 is 22.7 Å². The van der Waals surface area contributed by atoms with Crippen LogP contribution in [0.5, 0.6) is 0 Å². The molecule has 1 amide bonds. The summed E-state index contributed by atoms with van der Waals surface area (Å²) in [7, 11) is 1.94. The van der Waals surface area contributed by atoms with E-state index in [0.717, 1.165) is 16.8 Å². The van der Waals surface area contributed by atoms with Crippen LogP contribution in [0.3, 0.4) is 0 Å². The van der Waals surface area contributed by atoms with Gasteiger partial charge in [0.2, 0.25) is 0 Å². The Balaban J connectivity index is 2.01. The van der Waals surface area contributed by atoms with Gasteiger partial charge in [0.05, 0.1) is 0 Å². The van der Waals surface area contributed by atoms with Gasteiger partial charge in [-0.05, 0) is 45.7 Å². The van der Waals surface area contributed by atoms with Crippen molar-refractivity contribution in [1.29, 1.82) is 0 Å². The number of hydrogen-bond donors (Lipinski definition) is 3. The fourth-order valence-electron chi connectivity index (χ4n) is 2.52. The number of alkyl carbamates (subject to hydrolysis) is 1. The molecule has 1 aromatic heterocycles. The average molecular weight is 344 g/mol. The molecule has 0 radical (unpaired) electrons. The highest BCUT2D eigenvalue weighted by molar-refractivity contribution is 5.94. The maximum atomic E-state index is 11.7. The molecule has 2 rings (SSSR count). The molecule has 25 heavy (non-hydrogen) atoms. The molecule has 0 aliphatic rings. The van der Waals surface area contributed by atoms with E-state index in [9.17, 15) is 4.79 Å². The average Bonchev–Trinajstić information content (AvgIpc) is 2.56. The standard InChI is InChI=1S/C19H28N4O2/c1-13(20-5)16-12-23-17(15-9-7-6-8-14(15)16)21-10-11-22-18(24)25-19(2,3)4/h6-9,12-13,20H,10-11H2,1-5H3,(H,21,23)(H,22,24). The molecule has 1 heterocycles. The molecule has 0 bridgehead atoms. The van der Waals surface area contributed by atoms with Gasteiger partial charge >= 0.3 is 6.09 Å². The van der Waals surface area contributed by atoms with Gasteiger partial charge in [-0.3, -0.25) is 0 Å². The quantitative estimate of drug-likeness (QED) is 0.700. The van der Waals surface area contributed by atoms with E-state index in [1.165, 1.54) is 5.39 Å². The maximum Gasteiger partial charge on any atom is 0.407 e. The first kappa shape index (κ1) is 19.0. The molecule has 1 atom stereocenters. The van der Waals surface area contributed by atoms with E-state index >= 15 is 0 Å². The number of carbonyl (C=O) groups excluding carboxylic acids is 1. The minimum absolute atomic E-state index is 0.222. The third-order valence-corrected chi connectivity index (χ3v) is 3.81. The van der Waals surface area contributed by atoms with Crippen LogP contribution in [0.1, 0.15) is 39.3 Å². The largest absolute Gasteiger partial charge is 0.444 e. The van der Waals surface area contributed by atoms with Crippen LogP contribution in [0, 0.1) is 0 Å². The number of anilines is 1. The van der Waals surface area contributed by atoms with Gasteiger partial charge in [-0.1, -0.05) is 24.3 Å². The fraction of sp³-hybridized carbons (Fsp3) is 0.474. The molecule has 3 N–H and O–H groups in total. The van der Waals surface area contributed by atoms with Crippen molar-refractivity contribution in [3.05, 3.63) is 36.0 Å². The summed E-state index contributed by atoms with van der Waals surface area (Å²) in [6.45, 7) is 8.66. The molecule has 0 aliphatic carbocycles. The van der Waals surface area contributed by atoms with E-state index in [4.69, 9.17) is 4.74 Å². The van der Waals surface area contributed by atoms with E-state index in [2.05, 4.69) is 40.0 Å². The smallest absolute Gasteiger partial charge is 0.407 e. The number of aromatic nitrogens is 1. The van der Waals surface area contributed by atoms with Gasteiger partial charge < -0.3 is 20.7 Å². The number of ether oxygens (including phenoxy) is 1. The summed E-state index contributed by atoms with van der Waals surface area (Å²) >= 11 is 0. The summed E-state index contributed by atoms with van der Waals surface area (Å²) in [6.07, 6.45) is 1.48. The summed E-state index contributed by atoms with van der Waals surface area (Å²) in [4.78, 5) is 16.2. The summed E-state index contributed by atoms with van der Waals surface area (Å²) in [5.41, 5.74) is 0.672. The van der Waals surface area contributed by atoms with Crippen molar-refractivity contribution < 1.29 is 9.53 Å². The van der Waals surface area contributed by atoms with E-state index in [-0.39, 0.29) is 6.04 Å². The Morgan fingerprint density at radius 3 is 2.52 bits per heavy atom. The lowest BCUT2D eigenvalue weighted by Gasteiger charge is -2.20. The number of benzene rings is 1. The van der Waals surface area contributed by atoms with Crippen LogP contribution in [0.15, 0.2) is 30.5 Å². The third-order valence-electron chi connectivity index (χ3n) is 3.81. The molecule has 0 saturated carbocycles. The number of fused-ring (bicyclic) bond motifs is 1. The number of hydrogen-bond acceptors (Lipinski definition) is 5. The van der Waals surface area contributed by atoms with Crippen LogP contribution in [-0.4, -0.2) is 36.8 Å². The second-order valence-electron chi connectivity index (χ2n) is 6.97. The van der Waals surface area contributed by atoms with Crippen molar-refractivity contribution in [2.75, 3.05) is 25.5 Å². The monoisotopic (exact) mass is 344 g/mol. The summed E-state index contributed by atoms with van der Waals surface area (Å²) < 4.78 is 5.21. The minimum atomic E-state index is -0.491. The number of amides is 1. The summed E-state index contributed by atoms with van der Waals surface area (Å²) in [5.74, 6) is 0.814. The van der Waals surface area contributed by atoms with Crippen LogP contribution >= 0.6 is 0 Å². The zero-order valence-corrected chi connectivity index (χ0v) is 15.6. The van der Waals surface area contributed by atoms with Crippen LogP contribution in [0.2, 0.25) is 0 Å². The molecule has 6 nitrogen and oxygen atoms in total. The second-order valence-corrected chi connectivity index (χ2v) is 6.97. The van der Waals surface area contributed by atoms with Crippen molar-refractivity contribution in [3.63, 3.8) is 0 Å². The molecule has 6 heteroatoms. The van der Waals surface area contributed by atoms with E-state index in [0.29, 0.717) is 13.1 Å².